The van der Waals surface area contributed by atoms with Crippen LogP contribution in [-0.4, -0.2) is 51.3 Å². The number of ether oxygens (including phenoxy) is 1. The number of hydrogen-bond donors (Lipinski definition) is 2. The number of aliphatic hydroxyl groups excluding tert-OH is 1. The minimum atomic E-state index is -0.439. The fourth-order valence-electron chi connectivity index (χ4n) is 4.71. The lowest BCUT2D eigenvalue weighted by atomic mass is 9.76. The Balaban J connectivity index is 1.43. The zero-order valence-electron chi connectivity index (χ0n) is 18.6. The summed E-state index contributed by atoms with van der Waals surface area (Å²) in [4.78, 5) is 11.4. The van der Waals surface area contributed by atoms with E-state index >= 15 is 0 Å². The maximum Gasteiger partial charge on any atom is 0.223 e. The molecule has 4 rings (SSSR count). The van der Waals surface area contributed by atoms with Gasteiger partial charge in [0.2, 0.25) is 5.95 Å². The third kappa shape index (κ3) is 4.36. The lowest BCUT2D eigenvalue weighted by Crippen LogP contribution is -2.50. The van der Waals surface area contributed by atoms with E-state index in [1.807, 2.05) is 26.2 Å². The number of anilines is 1. The van der Waals surface area contributed by atoms with E-state index in [4.69, 9.17) is 4.74 Å². The van der Waals surface area contributed by atoms with Gasteiger partial charge in [0, 0.05) is 37.1 Å². The zero-order chi connectivity index (χ0) is 21.4. The zero-order valence-corrected chi connectivity index (χ0v) is 18.6. The van der Waals surface area contributed by atoms with Crippen molar-refractivity contribution >= 4 is 5.95 Å². The number of hydrogen-bond acceptors (Lipinski definition) is 6. The van der Waals surface area contributed by atoms with Crippen LogP contribution < -0.4 is 5.32 Å². The first-order valence-corrected chi connectivity index (χ1v) is 11.0. The van der Waals surface area contributed by atoms with E-state index in [1.165, 1.54) is 16.7 Å². The fourth-order valence-corrected chi connectivity index (χ4v) is 4.71. The van der Waals surface area contributed by atoms with Gasteiger partial charge in [-0.3, -0.25) is 4.90 Å². The molecule has 1 saturated heterocycles. The molecule has 0 aliphatic carbocycles. The monoisotopic (exact) mass is 410 g/mol. The molecule has 0 unspecified atom stereocenters. The normalized spacial score (nSPS) is 24.6. The first-order chi connectivity index (χ1) is 14.3. The summed E-state index contributed by atoms with van der Waals surface area (Å²) in [5, 5.41) is 12.6. The molecule has 162 valence electrons. The second-order valence-electron chi connectivity index (χ2n) is 9.61. The van der Waals surface area contributed by atoms with Crippen molar-refractivity contribution < 1.29 is 9.84 Å². The third-order valence-electron chi connectivity index (χ3n) is 6.49. The van der Waals surface area contributed by atoms with Crippen LogP contribution in [0.15, 0.2) is 30.6 Å². The predicted octanol–water partition coefficient (Wildman–Crippen LogP) is 3.42. The van der Waals surface area contributed by atoms with Crippen molar-refractivity contribution in [1.29, 1.82) is 0 Å². The van der Waals surface area contributed by atoms with Crippen molar-refractivity contribution in [3.63, 3.8) is 0 Å². The Morgan fingerprint density at radius 2 is 2.07 bits per heavy atom. The van der Waals surface area contributed by atoms with E-state index in [9.17, 15) is 5.11 Å². The molecule has 3 heterocycles. The molecule has 0 bridgehead atoms. The van der Waals surface area contributed by atoms with Crippen LogP contribution in [0, 0.1) is 6.92 Å². The van der Waals surface area contributed by atoms with Crippen molar-refractivity contribution in [2.24, 2.45) is 0 Å². The topological polar surface area (TPSA) is 70.5 Å². The Bertz CT molecular complexity index is 883. The number of piperidine rings is 1. The number of likely N-dealkylation sites (tertiary alicyclic amines) is 1. The fraction of sp³-hybridized carbons (Fsp3) is 0.583. The Hall–Kier alpha value is -2.02. The number of aliphatic hydroxyl groups is 1. The van der Waals surface area contributed by atoms with Gasteiger partial charge >= 0.3 is 0 Å². The number of aromatic nitrogens is 2. The third-order valence-corrected chi connectivity index (χ3v) is 6.49. The Morgan fingerprint density at radius 1 is 1.30 bits per heavy atom. The van der Waals surface area contributed by atoms with E-state index < -0.39 is 5.54 Å². The molecular weight excluding hydrogens is 376 g/mol. The van der Waals surface area contributed by atoms with Gasteiger partial charge in [0.1, 0.15) is 0 Å². The van der Waals surface area contributed by atoms with Gasteiger partial charge in [-0.05, 0) is 58.1 Å². The highest BCUT2D eigenvalue weighted by Crippen LogP contribution is 2.44. The molecule has 0 saturated carbocycles. The van der Waals surface area contributed by atoms with Crippen LogP contribution >= 0.6 is 0 Å². The molecule has 1 aromatic heterocycles. The first kappa shape index (κ1) is 21.2. The first-order valence-electron chi connectivity index (χ1n) is 11.0. The summed E-state index contributed by atoms with van der Waals surface area (Å²) in [5.41, 5.74) is 4.69. The average Bonchev–Trinajstić information content (AvgIpc) is 2.72. The van der Waals surface area contributed by atoms with E-state index in [0.29, 0.717) is 12.0 Å². The molecule has 1 spiro atoms. The summed E-state index contributed by atoms with van der Waals surface area (Å²) in [5.74, 6) is 0.547. The summed E-state index contributed by atoms with van der Waals surface area (Å²) in [7, 11) is 0. The van der Waals surface area contributed by atoms with Crippen molar-refractivity contribution in [2.45, 2.75) is 70.7 Å². The van der Waals surface area contributed by atoms with Gasteiger partial charge in [0.05, 0.1) is 24.4 Å². The summed E-state index contributed by atoms with van der Waals surface area (Å²) >= 11 is 0. The predicted molar refractivity (Wildman–Crippen MR) is 118 cm³/mol. The van der Waals surface area contributed by atoms with E-state index in [1.54, 1.807) is 0 Å². The van der Waals surface area contributed by atoms with Crippen molar-refractivity contribution in [1.82, 2.24) is 14.9 Å². The van der Waals surface area contributed by atoms with Gasteiger partial charge in [-0.25, -0.2) is 9.97 Å². The largest absolute Gasteiger partial charge is 0.394 e. The Kier molecular flexibility index (Phi) is 5.84. The van der Waals surface area contributed by atoms with Crippen LogP contribution in [0.4, 0.5) is 5.95 Å². The van der Waals surface area contributed by atoms with E-state index in [2.05, 4.69) is 52.2 Å². The summed E-state index contributed by atoms with van der Waals surface area (Å²) in [6.07, 6.45) is 6.80. The molecule has 1 fully saturated rings. The summed E-state index contributed by atoms with van der Waals surface area (Å²) < 4.78 is 6.45. The molecule has 2 aliphatic heterocycles. The van der Waals surface area contributed by atoms with Crippen LogP contribution in [0.2, 0.25) is 0 Å². The molecule has 30 heavy (non-hydrogen) atoms. The molecule has 2 aliphatic rings. The standard InChI is InChI=1S/C24H34N4O2/c1-17-5-6-20-7-10-30-24(21(20)11-17)8-9-28(18(2)12-24)15-19-13-25-22(26-14-19)27-23(3,4)16-29/h5-6,11,13-14,18,29H,7-10,12,15-16H2,1-4H3,(H,25,26,27)/t18-,24-/m0/s1. The van der Waals surface area contributed by atoms with Gasteiger partial charge in [0.25, 0.3) is 0 Å². The SMILES string of the molecule is Cc1ccc2c(c1)[C@@]1(CCN(Cc3cnc(NC(C)(C)CO)nc3)[C@@H](C)C1)OCC2. The van der Waals surface area contributed by atoms with Crippen LogP contribution in [0.3, 0.4) is 0 Å². The number of benzene rings is 1. The molecule has 2 N–H and O–H groups in total. The van der Waals surface area contributed by atoms with Crippen LogP contribution in [-0.2, 0) is 23.3 Å². The van der Waals surface area contributed by atoms with Gasteiger partial charge in [0.15, 0.2) is 0 Å². The highest BCUT2D eigenvalue weighted by molar-refractivity contribution is 5.38. The number of aryl methyl sites for hydroxylation is 1. The summed E-state index contributed by atoms with van der Waals surface area (Å²) in [6, 6.07) is 7.26. The maximum absolute atomic E-state index is 9.40. The Morgan fingerprint density at radius 3 is 2.77 bits per heavy atom. The lowest BCUT2D eigenvalue weighted by molar-refractivity contribution is -0.113. The van der Waals surface area contributed by atoms with E-state index in [0.717, 1.165) is 44.5 Å². The quantitative estimate of drug-likeness (QED) is 0.787. The van der Waals surface area contributed by atoms with Crippen molar-refractivity contribution in [2.75, 3.05) is 25.1 Å². The van der Waals surface area contributed by atoms with Crippen molar-refractivity contribution in [3.8, 4) is 0 Å². The molecule has 6 nitrogen and oxygen atoms in total. The van der Waals surface area contributed by atoms with Gasteiger partial charge in [-0.15, -0.1) is 0 Å². The second kappa shape index (κ2) is 8.25. The lowest BCUT2D eigenvalue weighted by Gasteiger charge is -2.48. The molecular formula is C24H34N4O2. The molecule has 2 aromatic rings. The van der Waals surface area contributed by atoms with Crippen LogP contribution in [0.25, 0.3) is 0 Å². The van der Waals surface area contributed by atoms with Crippen LogP contribution in [0.1, 0.15) is 55.9 Å². The molecule has 1 aromatic carbocycles. The minimum absolute atomic E-state index is 0.0237. The highest BCUT2D eigenvalue weighted by atomic mass is 16.5. The molecule has 6 heteroatoms. The van der Waals surface area contributed by atoms with Gasteiger partial charge in [-0.2, -0.15) is 0 Å². The highest BCUT2D eigenvalue weighted by Gasteiger charge is 2.43. The molecule has 0 amide bonds. The smallest absolute Gasteiger partial charge is 0.223 e. The van der Waals surface area contributed by atoms with E-state index in [-0.39, 0.29) is 12.2 Å². The maximum atomic E-state index is 9.40. The Labute approximate surface area is 179 Å². The number of nitrogens with zero attached hydrogens (tertiary/aromatic N) is 3. The van der Waals surface area contributed by atoms with Crippen molar-refractivity contribution in [3.05, 3.63) is 52.8 Å². The van der Waals surface area contributed by atoms with Gasteiger partial charge in [-0.1, -0.05) is 23.8 Å². The summed E-state index contributed by atoms with van der Waals surface area (Å²) in [6.45, 7) is 11.0. The second-order valence-corrected chi connectivity index (χ2v) is 9.61. The van der Waals surface area contributed by atoms with Gasteiger partial charge < -0.3 is 15.2 Å². The molecule has 2 atom stereocenters. The number of fused-ring (bicyclic) bond motifs is 2. The average molecular weight is 411 g/mol. The molecule has 0 radical (unpaired) electrons. The number of rotatable bonds is 5. The minimum Gasteiger partial charge on any atom is -0.394 e. The number of nitrogens with one attached hydrogen (secondary N) is 1. The van der Waals surface area contributed by atoms with Crippen LogP contribution in [0.5, 0.6) is 0 Å².